The summed E-state index contributed by atoms with van der Waals surface area (Å²) in [6.07, 6.45) is 7.89. The van der Waals surface area contributed by atoms with Gasteiger partial charge in [-0.15, -0.1) is 11.8 Å². The summed E-state index contributed by atoms with van der Waals surface area (Å²) >= 11 is 1.41. The Kier molecular flexibility index (Phi) is 12.0. The number of carboxylic acids is 2. The molecule has 1 saturated heterocycles. The number of amides is 1. The first-order valence-corrected chi connectivity index (χ1v) is 13.1. The number of unbranched alkanes of at least 4 members (excludes halogenated alkanes) is 7. The summed E-state index contributed by atoms with van der Waals surface area (Å²) in [5.41, 5.74) is 0.726. The first-order valence-electron chi connectivity index (χ1n) is 12.0. The zero-order valence-corrected chi connectivity index (χ0v) is 21.6. The van der Waals surface area contributed by atoms with Gasteiger partial charge >= 0.3 is 11.9 Å². The molecule has 0 aliphatic carbocycles. The number of carbonyl (C=O) groups excluding carboxylic acids is 1. The van der Waals surface area contributed by atoms with E-state index < -0.39 is 23.4 Å². The minimum atomic E-state index is -1.01. The van der Waals surface area contributed by atoms with Gasteiger partial charge in [-0.2, -0.15) is 0 Å². The number of rotatable bonds is 16. The molecule has 1 aliphatic rings. The van der Waals surface area contributed by atoms with E-state index in [4.69, 9.17) is 19.3 Å². The van der Waals surface area contributed by atoms with Crippen molar-refractivity contribution in [3.05, 3.63) is 17.7 Å². The summed E-state index contributed by atoms with van der Waals surface area (Å²) in [5.74, 6) is -0.267. The fraction of sp³-hybridized carbons (Fsp3) is 0.640. The maximum Gasteiger partial charge on any atom is 0.327 e. The van der Waals surface area contributed by atoms with E-state index in [0.29, 0.717) is 35.8 Å². The maximum atomic E-state index is 13.2. The summed E-state index contributed by atoms with van der Waals surface area (Å²) < 4.78 is 16.2. The molecule has 1 aliphatic heterocycles. The average molecular weight is 512 g/mol. The van der Waals surface area contributed by atoms with Crippen LogP contribution < -0.4 is 14.2 Å². The highest BCUT2D eigenvalue weighted by molar-refractivity contribution is 7.99. The van der Waals surface area contributed by atoms with Crippen LogP contribution in [0.3, 0.4) is 0 Å². The fourth-order valence-electron chi connectivity index (χ4n) is 4.24. The molecule has 0 saturated carbocycles. The first-order chi connectivity index (χ1) is 16.8. The third kappa shape index (κ3) is 8.23. The second-order valence-corrected chi connectivity index (χ2v) is 9.63. The number of benzene rings is 1. The summed E-state index contributed by atoms with van der Waals surface area (Å²) in [6.45, 7) is 0. The van der Waals surface area contributed by atoms with Crippen molar-refractivity contribution in [1.29, 1.82) is 0 Å². The monoisotopic (exact) mass is 511 g/mol. The Bertz CT molecular complexity index is 837. The van der Waals surface area contributed by atoms with Crippen LogP contribution in [0.5, 0.6) is 17.2 Å². The summed E-state index contributed by atoms with van der Waals surface area (Å²) in [7, 11) is 4.55. The number of aliphatic carboxylic acids is 2. The minimum Gasteiger partial charge on any atom is -0.493 e. The van der Waals surface area contributed by atoms with Crippen molar-refractivity contribution in [2.24, 2.45) is 0 Å². The van der Waals surface area contributed by atoms with Crippen LogP contribution >= 0.6 is 11.8 Å². The molecule has 1 unspecified atom stereocenters. The predicted octanol–water partition coefficient (Wildman–Crippen LogP) is 4.73. The lowest BCUT2D eigenvalue weighted by atomic mass is 10.1. The molecule has 9 nitrogen and oxygen atoms in total. The number of thioether (sulfide) groups is 1. The van der Waals surface area contributed by atoms with Gasteiger partial charge in [0.1, 0.15) is 11.4 Å². The van der Waals surface area contributed by atoms with Crippen LogP contribution in [0, 0.1) is 0 Å². The molecule has 2 N–H and O–H groups in total. The molecule has 1 aromatic carbocycles. The Labute approximate surface area is 211 Å². The van der Waals surface area contributed by atoms with Gasteiger partial charge in [-0.1, -0.05) is 38.5 Å². The maximum absolute atomic E-state index is 13.2. The molecule has 1 amide bonds. The standard InChI is InChI=1S/C25H37NO8S/c1-32-19-14-17(15-20(33-2)23(19)34-3)24-26(18(16-35-24)25(30)31)21(27)12-10-8-6-4-5-7-9-11-13-22(28)29/h14-15,18,24H,4-13,16H2,1-3H3,(H,28,29)(H,30,31)/t18-,24?/m0/s1. The van der Waals surface area contributed by atoms with Gasteiger partial charge in [-0.05, 0) is 30.5 Å². The molecule has 1 fully saturated rings. The van der Waals surface area contributed by atoms with Crippen LogP contribution in [0.2, 0.25) is 0 Å². The highest BCUT2D eigenvalue weighted by Gasteiger charge is 2.42. The van der Waals surface area contributed by atoms with Crippen LogP contribution in [0.25, 0.3) is 0 Å². The van der Waals surface area contributed by atoms with Crippen molar-refractivity contribution in [2.45, 2.75) is 75.6 Å². The van der Waals surface area contributed by atoms with Crippen LogP contribution in [-0.2, 0) is 14.4 Å². The largest absolute Gasteiger partial charge is 0.493 e. The van der Waals surface area contributed by atoms with Gasteiger partial charge in [0.15, 0.2) is 11.5 Å². The van der Waals surface area contributed by atoms with Gasteiger partial charge in [0.05, 0.1) is 21.3 Å². The Balaban J connectivity index is 1.94. The Morgan fingerprint density at radius 2 is 1.37 bits per heavy atom. The van der Waals surface area contributed by atoms with Gasteiger partial charge in [-0.25, -0.2) is 4.79 Å². The van der Waals surface area contributed by atoms with E-state index in [-0.39, 0.29) is 12.3 Å². The minimum absolute atomic E-state index is 0.171. The van der Waals surface area contributed by atoms with E-state index in [1.807, 2.05) is 0 Å². The molecule has 35 heavy (non-hydrogen) atoms. The Morgan fingerprint density at radius 3 is 1.83 bits per heavy atom. The third-order valence-corrected chi connectivity index (χ3v) is 7.40. The molecule has 1 aromatic rings. The zero-order valence-electron chi connectivity index (χ0n) is 20.8. The van der Waals surface area contributed by atoms with Crippen molar-refractivity contribution in [2.75, 3.05) is 27.1 Å². The number of hydrogen-bond donors (Lipinski definition) is 2. The quantitative estimate of drug-likeness (QED) is 0.303. The van der Waals surface area contributed by atoms with Gasteiger partial charge < -0.3 is 29.3 Å². The van der Waals surface area contributed by atoms with Crippen molar-refractivity contribution in [3.63, 3.8) is 0 Å². The summed E-state index contributed by atoms with van der Waals surface area (Å²) in [4.78, 5) is 37.0. The van der Waals surface area contributed by atoms with Crippen molar-refractivity contribution in [1.82, 2.24) is 4.90 Å². The topological polar surface area (TPSA) is 123 Å². The molecule has 0 spiro atoms. The molecule has 2 atom stereocenters. The number of methoxy groups -OCH3 is 3. The molecular weight excluding hydrogens is 474 g/mol. The molecule has 1 heterocycles. The Hall–Kier alpha value is -2.62. The normalized spacial score (nSPS) is 17.3. The molecule has 0 radical (unpaired) electrons. The molecule has 0 bridgehead atoms. The van der Waals surface area contributed by atoms with E-state index in [1.165, 1.54) is 38.0 Å². The molecule has 10 heteroatoms. The van der Waals surface area contributed by atoms with Crippen LogP contribution in [0.4, 0.5) is 0 Å². The fourth-order valence-corrected chi connectivity index (χ4v) is 5.67. The van der Waals surface area contributed by atoms with E-state index in [9.17, 15) is 19.5 Å². The first kappa shape index (κ1) is 28.6. The Morgan fingerprint density at radius 1 is 0.857 bits per heavy atom. The summed E-state index contributed by atoms with van der Waals surface area (Å²) in [6, 6.07) is 2.64. The molecule has 2 rings (SSSR count). The second-order valence-electron chi connectivity index (χ2n) is 8.52. The second kappa shape index (κ2) is 14.7. The average Bonchev–Trinajstić information content (AvgIpc) is 3.29. The SMILES string of the molecule is COc1cc(C2SC[C@@H](C(=O)O)N2C(=O)CCCCCCCCCCC(=O)O)cc(OC)c1OC. The number of hydrogen-bond acceptors (Lipinski definition) is 7. The van der Waals surface area contributed by atoms with Crippen LogP contribution in [0.1, 0.15) is 75.1 Å². The zero-order chi connectivity index (χ0) is 25.8. The number of nitrogens with zero attached hydrogens (tertiary/aromatic N) is 1. The van der Waals surface area contributed by atoms with Gasteiger partial charge in [0, 0.05) is 18.6 Å². The molecule has 196 valence electrons. The van der Waals surface area contributed by atoms with Crippen molar-refractivity contribution in [3.8, 4) is 17.2 Å². The smallest absolute Gasteiger partial charge is 0.327 e. The molecule has 0 aromatic heterocycles. The van der Waals surface area contributed by atoms with Gasteiger partial charge in [0.2, 0.25) is 11.7 Å². The van der Waals surface area contributed by atoms with E-state index in [2.05, 4.69) is 0 Å². The number of carbonyl (C=O) groups is 3. The highest BCUT2D eigenvalue weighted by Crippen LogP contribution is 2.47. The van der Waals surface area contributed by atoms with Gasteiger partial charge in [0.25, 0.3) is 0 Å². The van der Waals surface area contributed by atoms with Crippen LogP contribution in [-0.4, -0.2) is 66.1 Å². The van der Waals surface area contributed by atoms with Crippen molar-refractivity contribution < 1.29 is 38.8 Å². The predicted molar refractivity (Wildman–Crippen MR) is 133 cm³/mol. The lowest BCUT2D eigenvalue weighted by Crippen LogP contribution is -2.42. The number of carboxylic acid groups (broad SMARTS) is 2. The van der Waals surface area contributed by atoms with E-state index >= 15 is 0 Å². The van der Waals surface area contributed by atoms with Crippen molar-refractivity contribution >= 4 is 29.6 Å². The highest BCUT2D eigenvalue weighted by atomic mass is 32.2. The van der Waals surface area contributed by atoms with Crippen LogP contribution in [0.15, 0.2) is 12.1 Å². The third-order valence-electron chi connectivity index (χ3n) is 6.08. The van der Waals surface area contributed by atoms with E-state index in [1.54, 1.807) is 12.1 Å². The van der Waals surface area contributed by atoms with E-state index in [0.717, 1.165) is 50.5 Å². The number of ether oxygens (including phenoxy) is 3. The molecular formula is C25H37NO8S. The lowest BCUT2D eigenvalue weighted by Gasteiger charge is -2.28. The van der Waals surface area contributed by atoms with Gasteiger partial charge in [-0.3, -0.25) is 9.59 Å². The summed E-state index contributed by atoms with van der Waals surface area (Å²) in [5, 5.41) is 17.9. The lowest BCUT2D eigenvalue weighted by molar-refractivity contribution is -0.149.